The lowest BCUT2D eigenvalue weighted by molar-refractivity contribution is 0.0949. The molecule has 0 aromatic heterocycles. The number of ketones is 1. The van der Waals surface area contributed by atoms with Gasteiger partial charge in [0.2, 0.25) is 12.6 Å². The van der Waals surface area contributed by atoms with Gasteiger partial charge in [0.15, 0.2) is 17.3 Å². The summed E-state index contributed by atoms with van der Waals surface area (Å²) >= 11 is 0. The summed E-state index contributed by atoms with van der Waals surface area (Å²) in [5, 5.41) is 0. The minimum absolute atomic E-state index is 0.142. The van der Waals surface area contributed by atoms with Crippen molar-refractivity contribution in [2.75, 3.05) is 20.1 Å². The molecule has 0 atom stereocenters. The number of nitrogens with zero attached hydrogens (tertiary/aromatic N) is 1. The van der Waals surface area contributed by atoms with E-state index in [1.807, 2.05) is 31.2 Å². The van der Waals surface area contributed by atoms with E-state index in [1.54, 1.807) is 18.2 Å². The minimum atomic E-state index is -0.240. The van der Waals surface area contributed by atoms with Crippen molar-refractivity contribution in [3.05, 3.63) is 87.9 Å². The molecule has 3 aromatic rings. The van der Waals surface area contributed by atoms with E-state index in [1.165, 1.54) is 12.1 Å². The molecule has 7 heteroatoms. The third-order valence-electron chi connectivity index (χ3n) is 6.31. The quantitative estimate of drug-likeness (QED) is 0.519. The molecule has 0 fully saturated rings. The smallest absolute Gasteiger partial charge is 0.232 e. The second kappa shape index (κ2) is 8.18. The van der Waals surface area contributed by atoms with Gasteiger partial charge in [-0.15, -0.1) is 0 Å². The van der Waals surface area contributed by atoms with E-state index >= 15 is 0 Å². The standard InChI is InChI=1S/C27H22FNO5/c1-16-10-22-20(13-29(14-31-22)9-8-17-2-5-19(28)6-3-17)27-25(16)26(30)24(34-27)12-18-4-7-21-23(11-18)33-15-32-21/h2-7,10-12H,8-9,13-15H2,1H3/b24-12+. The molecular formula is C27H22FNO5. The van der Waals surface area contributed by atoms with E-state index in [0.717, 1.165) is 41.0 Å². The van der Waals surface area contributed by atoms with Gasteiger partial charge in [-0.25, -0.2) is 4.39 Å². The van der Waals surface area contributed by atoms with Gasteiger partial charge in [0.05, 0.1) is 11.1 Å². The largest absolute Gasteiger partial charge is 0.478 e. The van der Waals surface area contributed by atoms with Crippen LogP contribution in [0.5, 0.6) is 23.0 Å². The second-order valence-corrected chi connectivity index (χ2v) is 8.63. The van der Waals surface area contributed by atoms with Crippen LogP contribution in [-0.4, -0.2) is 30.8 Å². The topological polar surface area (TPSA) is 57.2 Å². The number of Topliss-reactive ketones (excluding diaryl/α,β-unsaturated/α-hetero) is 1. The predicted octanol–water partition coefficient (Wildman–Crippen LogP) is 4.87. The first-order valence-corrected chi connectivity index (χ1v) is 11.1. The van der Waals surface area contributed by atoms with Crippen LogP contribution in [0.2, 0.25) is 0 Å². The van der Waals surface area contributed by atoms with Gasteiger partial charge in [0.25, 0.3) is 0 Å². The zero-order valence-corrected chi connectivity index (χ0v) is 18.6. The lowest BCUT2D eigenvalue weighted by atomic mass is 9.98. The van der Waals surface area contributed by atoms with E-state index in [2.05, 4.69) is 4.90 Å². The number of hydrogen-bond acceptors (Lipinski definition) is 6. The SMILES string of the molecule is Cc1cc2c(c3c1C(=O)/C(=C\c1ccc4c(c1)OCO4)O3)CN(CCc1ccc(F)cc1)CO2. The summed E-state index contributed by atoms with van der Waals surface area (Å²) in [7, 11) is 0. The molecule has 3 heterocycles. The maximum Gasteiger partial charge on any atom is 0.232 e. The zero-order valence-electron chi connectivity index (χ0n) is 18.6. The summed E-state index contributed by atoms with van der Waals surface area (Å²) in [6, 6.07) is 14.0. The molecule has 3 aliphatic heterocycles. The number of halogens is 1. The Morgan fingerprint density at radius 3 is 2.68 bits per heavy atom. The number of ether oxygens (including phenoxy) is 4. The van der Waals surface area contributed by atoms with Crippen molar-refractivity contribution in [3.8, 4) is 23.0 Å². The van der Waals surface area contributed by atoms with Gasteiger partial charge in [-0.3, -0.25) is 9.69 Å². The average molecular weight is 459 g/mol. The van der Waals surface area contributed by atoms with Gasteiger partial charge in [-0.2, -0.15) is 0 Å². The highest BCUT2D eigenvalue weighted by Gasteiger charge is 2.35. The van der Waals surface area contributed by atoms with Gasteiger partial charge in [-0.1, -0.05) is 18.2 Å². The number of allylic oxidation sites excluding steroid dienone is 1. The van der Waals surface area contributed by atoms with Crippen LogP contribution in [0.1, 0.15) is 32.6 Å². The minimum Gasteiger partial charge on any atom is -0.478 e. The van der Waals surface area contributed by atoms with Crippen molar-refractivity contribution >= 4 is 11.9 Å². The normalized spacial score (nSPS) is 17.4. The van der Waals surface area contributed by atoms with Crippen LogP contribution >= 0.6 is 0 Å². The fourth-order valence-corrected chi connectivity index (χ4v) is 4.51. The van der Waals surface area contributed by atoms with E-state index in [4.69, 9.17) is 18.9 Å². The van der Waals surface area contributed by atoms with Crippen LogP contribution in [0, 0.1) is 12.7 Å². The third-order valence-corrected chi connectivity index (χ3v) is 6.31. The highest BCUT2D eigenvalue weighted by atomic mass is 19.1. The van der Waals surface area contributed by atoms with E-state index in [9.17, 15) is 9.18 Å². The molecule has 3 aromatic carbocycles. The van der Waals surface area contributed by atoms with E-state index in [-0.39, 0.29) is 24.2 Å². The molecule has 0 saturated carbocycles. The molecule has 0 bridgehead atoms. The summed E-state index contributed by atoms with van der Waals surface area (Å²) in [6.07, 6.45) is 2.49. The first kappa shape index (κ1) is 20.7. The van der Waals surface area contributed by atoms with Gasteiger partial charge in [0, 0.05) is 13.1 Å². The van der Waals surface area contributed by atoms with Crippen molar-refractivity contribution in [1.29, 1.82) is 0 Å². The number of rotatable bonds is 4. The maximum atomic E-state index is 13.2. The summed E-state index contributed by atoms with van der Waals surface area (Å²) in [5.41, 5.74) is 4.13. The molecule has 0 saturated heterocycles. The predicted molar refractivity (Wildman–Crippen MR) is 123 cm³/mol. The summed E-state index contributed by atoms with van der Waals surface area (Å²) < 4.78 is 36.1. The van der Waals surface area contributed by atoms with Crippen LogP contribution in [0.3, 0.4) is 0 Å². The van der Waals surface area contributed by atoms with Gasteiger partial charge >= 0.3 is 0 Å². The molecule has 0 spiro atoms. The number of benzene rings is 3. The summed E-state index contributed by atoms with van der Waals surface area (Å²) in [6.45, 7) is 3.87. The lowest BCUT2D eigenvalue weighted by Gasteiger charge is -2.30. The lowest BCUT2D eigenvalue weighted by Crippen LogP contribution is -2.33. The van der Waals surface area contributed by atoms with Crippen LogP contribution in [0.15, 0.2) is 54.3 Å². The highest BCUT2D eigenvalue weighted by molar-refractivity contribution is 6.16. The van der Waals surface area contributed by atoms with Crippen molar-refractivity contribution in [3.63, 3.8) is 0 Å². The fraction of sp³-hybridized carbons (Fsp3) is 0.222. The van der Waals surface area contributed by atoms with Gasteiger partial charge < -0.3 is 18.9 Å². The number of aryl methyl sites for hydroxylation is 1. The Kier molecular flexibility index (Phi) is 4.99. The second-order valence-electron chi connectivity index (χ2n) is 8.63. The Morgan fingerprint density at radius 1 is 1.00 bits per heavy atom. The van der Waals surface area contributed by atoms with Crippen molar-refractivity contribution in [1.82, 2.24) is 4.90 Å². The van der Waals surface area contributed by atoms with Gasteiger partial charge in [-0.05, 0) is 66.4 Å². The van der Waals surface area contributed by atoms with Crippen LogP contribution < -0.4 is 18.9 Å². The molecule has 0 amide bonds. The number of carbonyl (C=O) groups is 1. The van der Waals surface area contributed by atoms with Crippen LogP contribution in [-0.2, 0) is 13.0 Å². The number of fused-ring (bicyclic) bond motifs is 4. The van der Waals surface area contributed by atoms with E-state index in [0.29, 0.717) is 36.1 Å². The molecule has 3 aliphatic rings. The number of hydrogen-bond donors (Lipinski definition) is 0. The Morgan fingerprint density at radius 2 is 1.82 bits per heavy atom. The third kappa shape index (κ3) is 3.68. The molecule has 0 aliphatic carbocycles. The van der Waals surface area contributed by atoms with Crippen molar-refractivity contribution in [2.24, 2.45) is 0 Å². The molecule has 34 heavy (non-hydrogen) atoms. The summed E-state index contributed by atoms with van der Waals surface area (Å²) in [5.74, 6) is 2.54. The average Bonchev–Trinajstić information content (AvgIpc) is 3.43. The Bertz CT molecular complexity index is 1330. The first-order valence-electron chi connectivity index (χ1n) is 11.1. The molecule has 0 radical (unpaired) electrons. The Hall–Kier alpha value is -3.84. The van der Waals surface area contributed by atoms with Crippen molar-refractivity contribution < 1.29 is 28.1 Å². The van der Waals surface area contributed by atoms with E-state index < -0.39 is 0 Å². The molecule has 0 unspecified atom stereocenters. The maximum absolute atomic E-state index is 13.2. The number of carbonyl (C=O) groups excluding carboxylic acids is 1. The van der Waals surface area contributed by atoms with Crippen LogP contribution in [0.4, 0.5) is 4.39 Å². The monoisotopic (exact) mass is 459 g/mol. The first-order chi connectivity index (χ1) is 16.5. The molecule has 6 rings (SSSR count). The highest BCUT2D eigenvalue weighted by Crippen LogP contribution is 2.44. The van der Waals surface area contributed by atoms with Gasteiger partial charge in [0.1, 0.15) is 24.0 Å². The Labute approximate surface area is 196 Å². The molecular weight excluding hydrogens is 437 g/mol. The summed E-state index contributed by atoms with van der Waals surface area (Å²) in [4.78, 5) is 15.4. The zero-order chi connectivity index (χ0) is 23.2. The fourth-order valence-electron chi connectivity index (χ4n) is 4.51. The molecule has 0 N–H and O–H groups in total. The van der Waals surface area contributed by atoms with Crippen LogP contribution in [0.25, 0.3) is 6.08 Å². The van der Waals surface area contributed by atoms with Crippen molar-refractivity contribution in [2.45, 2.75) is 19.9 Å². The Balaban J connectivity index is 1.25. The molecule has 6 nitrogen and oxygen atoms in total. The molecule has 172 valence electrons.